The number of halogens is 1. The molecule has 8 nitrogen and oxygen atoms in total. The Kier molecular flexibility index (Phi) is 6.88. The van der Waals surface area contributed by atoms with Crippen LogP contribution in [-0.2, 0) is 25.4 Å². The lowest BCUT2D eigenvalue weighted by atomic mass is 9.89. The highest BCUT2D eigenvalue weighted by atomic mass is 32.2. The van der Waals surface area contributed by atoms with E-state index in [0.717, 1.165) is 22.7 Å². The summed E-state index contributed by atoms with van der Waals surface area (Å²) in [6.45, 7) is 0.945. The minimum atomic E-state index is -3.63. The van der Waals surface area contributed by atoms with Gasteiger partial charge in [-0.3, -0.25) is 4.90 Å². The molecule has 36 heavy (non-hydrogen) atoms. The first kappa shape index (κ1) is 25.2. The number of aromatic nitrogens is 2. The number of fused-ring (bicyclic) bond motifs is 1. The number of hydrogen-bond acceptors (Lipinski definition) is 9. The lowest BCUT2D eigenvalue weighted by Gasteiger charge is -2.45. The summed E-state index contributed by atoms with van der Waals surface area (Å²) < 4.78 is 74.1. The summed E-state index contributed by atoms with van der Waals surface area (Å²) in [7, 11) is -6.86. The van der Waals surface area contributed by atoms with Gasteiger partial charge in [-0.25, -0.2) is 26.2 Å². The topological polar surface area (TPSA) is 107 Å². The van der Waals surface area contributed by atoms with Gasteiger partial charge in [0.1, 0.15) is 38.5 Å². The molecule has 0 N–H and O–H groups in total. The van der Waals surface area contributed by atoms with Crippen LogP contribution in [0.2, 0.25) is 0 Å². The van der Waals surface area contributed by atoms with Crippen LogP contribution in [0.1, 0.15) is 47.5 Å². The minimum absolute atomic E-state index is 0.0933. The quantitative estimate of drug-likeness (QED) is 0.456. The van der Waals surface area contributed by atoms with Crippen molar-refractivity contribution >= 4 is 31.2 Å². The molecule has 0 unspecified atom stereocenters. The number of sulfone groups is 2. The third-order valence-electron chi connectivity index (χ3n) is 6.93. The number of ether oxygens (including phenoxy) is 1. The maximum absolute atomic E-state index is 13.6. The van der Waals surface area contributed by atoms with Gasteiger partial charge in [0.2, 0.25) is 0 Å². The molecule has 1 saturated heterocycles. The van der Waals surface area contributed by atoms with Crippen LogP contribution in [0.4, 0.5) is 4.39 Å². The van der Waals surface area contributed by atoms with Crippen molar-refractivity contribution in [1.29, 1.82) is 0 Å². The predicted molar refractivity (Wildman–Crippen MR) is 134 cm³/mol. The molecule has 1 fully saturated rings. The van der Waals surface area contributed by atoms with Gasteiger partial charge in [-0.2, -0.15) is 4.37 Å². The van der Waals surface area contributed by atoms with E-state index in [2.05, 4.69) is 14.3 Å². The first-order valence-corrected chi connectivity index (χ1v) is 15.9. The molecule has 192 valence electrons. The van der Waals surface area contributed by atoms with Gasteiger partial charge in [-0.05, 0) is 54.2 Å². The number of rotatable bonds is 6. The van der Waals surface area contributed by atoms with Crippen LogP contribution >= 0.6 is 11.5 Å². The van der Waals surface area contributed by atoms with Gasteiger partial charge in [0.15, 0.2) is 9.84 Å². The fourth-order valence-corrected chi connectivity index (χ4v) is 8.30. The molecule has 0 spiro atoms. The summed E-state index contributed by atoms with van der Waals surface area (Å²) in [5, 5.41) is -0.0570. The molecule has 3 heterocycles. The van der Waals surface area contributed by atoms with Crippen LogP contribution in [-0.4, -0.2) is 55.8 Å². The number of nitrogens with zero attached hydrogens (tertiary/aromatic N) is 3. The third kappa shape index (κ3) is 5.17. The van der Waals surface area contributed by atoms with Crippen molar-refractivity contribution in [1.82, 2.24) is 14.3 Å². The fraction of sp³-hybridized carbons (Fsp3) is 0.417. The van der Waals surface area contributed by atoms with Crippen molar-refractivity contribution in [2.75, 3.05) is 19.4 Å². The molecule has 2 aliphatic heterocycles. The second-order valence-electron chi connectivity index (χ2n) is 9.23. The van der Waals surface area contributed by atoms with Gasteiger partial charge >= 0.3 is 0 Å². The van der Waals surface area contributed by atoms with E-state index in [1.165, 1.54) is 24.7 Å². The fourth-order valence-electron chi connectivity index (χ4n) is 5.12. The van der Waals surface area contributed by atoms with Crippen LogP contribution in [0.5, 0.6) is 5.75 Å². The number of benzene rings is 2. The molecule has 0 amide bonds. The third-order valence-corrected chi connectivity index (χ3v) is 11.0. The van der Waals surface area contributed by atoms with E-state index < -0.39 is 24.9 Å². The van der Waals surface area contributed by atoms with Gasteiger partial charge in [0.05, 0.1) is 16.8 Å². The average Bonchev–Trinajstić information content (AvgIpc) is 3.35. The van der Waals surface area contributed by atoms with Crippen LogP contribution in [0.25, 0.3) is 0 Å². The summed E-state index contributed by atoms with van der Waals surface area (Å²) in [6, 6.07) is 10.8. The van der Waals surface area contributed by atoms with Crippen LogP contribution in [0.3, 0.4) is 0 Å². The van der Waals surface area contributed by atoms with Crippen LogP contribution in [0.15, 0.2) is 53.7 Å². The van der Waals surface area contributed by atoms with Crippen molar-refractivity contribution in [3.05, 3.63) is 70.7 Å². The molecule has 0 saturated carbocycles. The maximum atomic E-state index is 13.6. The smallest absolute Gasteiger partial charge is 0.185 e. The zero-order valence-corrected chi connectivity index (χ0v) is 22.0. The number of hydrogen-bond donors (Lipinski definition) is 0. The summed E-state index contributed by atoms with van der Waals surface area (Å²) in [5.74, 6) is -0.0712. The van der Waals surface area contributed by atoms with Crippen LogP contribution in [0, 0.1) is 5.82 Å². The molecule has 2 aromatic carbocycles. The Bertz CT molecular complexity index is 1440. The van der Waals surface area contributed by atoms with E-state index in [-0.39, 0.29) is 28.5 Å². The Balaban J connectivity index is 1.47. The molecule has 0 aliphatic carbocycles. The molecular formula is C24H26FN3O5S3. The van der Waals surface area contributed by atoms with Gasteiger partial charge in [0.25, 0.3) is 0 Å². The minimum Gasteiger partial charge on any atom is -0.493 e. The van der Waals surface area contributed by atoms with E-state index in [1.54, 1.807) is 30.3 Å². The average molecular weight is 552 g/mol. The Morgan fingerprint density at radius 2 is 1.86 bits per heavy atom. The molecular weight excluding hydrogens is 525 g/mol. The molecule has 0 bridgehead atoms. The first-order valence-electron chi connectivity index (χ1n) is 11.6. The summed E-state index contributed by atoms with van der Waals surface area (Å²) in [4.78, 5) is 6.39. The molecule has 3 aromatic rings. The highest BCUT2D eigenvalue weighted by Crippen LogP contribution is 2.45. The Hall–Kier alpha value is -2.41. The van der Waals surface area contributed by atoms with E-state index in [9.17, 15) is 21.2 Å². The SMILES string of the molecule is CS(=O)(=O)[C@H]1CCN([C@H]2CCOc3cc(S(=O)(=O)Cc4ncns4)ccc32)[C@@H](c2ccc(F)cc2)C1. The first-order chi connectivity index (χ1) is 17.1. The summed E-state index contributed by atoms with van der Waals surface area (Å²) in [5.41, 5.74) is 1.72. The molecule has 2 aliphatic rings. The Morgan fingerprint density at radius 3 is 2.56 bits per heavy atom. The predicted octanol–water partition coefficient (Wildman–Crippen LogP) is 3.73. The van der Waals surface area contributed by atoms with Crippen molar-refractivity contribution in [2.24, 2.45) is 0 Å². The highest BCUT2D eigenvalue weighted by Gasteiger charge is 2.40. The van der Waals surface area contributed by atoms with E-state index in [4.69, 9.17) is 4.74 Å². The molecule has 0 radical (unpaired) electrons. The zero-order valence-electron chi connectivity index (χ0n) is 19.6. The molecule has 12 heteroatoms. The van der Waals surface area contributed by atoms with Crippen molar-refractivity contribution < 1.29 is 26.0 Å². The largest absolute Gasteiger partial charge is 0.493 e. The van der Waals surface area contributed by atoms with E-state index >= 15 is 0 Å². The summed E-state index contributed by atoms with van der Waals surface area (Å²) >= 11 is 1.05. The highest BCUT2D eigenvalue weighted by molar-refractivity contribution is 7.91. The van der Waals surface area contributed by atoms with Crippen LogP contribution < -0.4 is 4.74 Å². The number of piperidine rings is 1. The van der Waals surface area contributed by atoms with Crippen molar-refractivity contribution in [2.45, 2.75) is 47.2 Å². The maximum Gasteiger partial charge on any atom is 0.185 e. The van der Waals surface area contributed by atoms with Gasteiger partial charge in [-0.15, -0.1) is 0 Å². The molecule has 5 rings (SSSR count). The Labute approximate surface area is 214 Å². The lowest BCUT2D eigenvalue weighted by Crippen LogP contribution is -2.44. The Morgan fingerprint density at radius 1 is 1.08 bits per heavy atom. The second kappa shape index (κ2) is 9.81. The number of likely N-dealkylation sites (tertiary alicyclic amines) is 1. The lowest BCUT2D eigenvalue weighted by molar-refractivity contribution is 0.0680. The zero-order chi connectivity index (χ0) is 25.5. The van der Waals surface area contributed by atoms with Crippen molar-refractivity contribution in [3.8, 4) is 5.75 Å². The normalized spacial score (nSPS) is 23.1. The molecule has 3 atom stereocenters. The standard InChI is InChI=1S/C24H26FN3O5S3/c1-35(29,30)18-8-10-28(22(12-18)16-2-4-17(25)5-3-16)21-9-11-33-23-13-19(6-7-20(21)23)36(31,32)14-24-26-15-27-34-24/h2-7,13,15,18,21-22H,8-12,14H2,1H3/t18-,21-,22+/m0/s1. The van der Waals surface area contributed by atoms with Gasteiger partial charge in [-0.1, -0.05) is 18.2 Å². The van der Waals surface area contributed by atoms with Gasteiger partial charge in [0, 0.05) is 36.9 Å². The monoisotopic (exact) mass is 551 g/mol. The molecule has 1 aromatic heterocycles. The van der Waals surface area contributed by atoms with Gasteiger partial charge < -0.3 is 4.74 Å². The summed E-state index contributed by atoms with van der Waals surface area (Å²) in [6.07, 6.45) is 4.18. The van der Waals surface area contributed by atoms with E-state index in [1.807, 2.05) is 0 Å². The second-order valence-corrected chi connectivity index (χ2v) is 14.4. The van der Waals surface area contributed by atoms with Crippen molar-refractivity contribution in [3.63, 3.8) is 0 Å². The van der Waals surface area contributed by atoms with E-state index in [0.29, 0.717) is 43.2 Å².